The number of aliphatic carboxylic acids is 1. The molecule has 0 amide bonds. The molecule has 20 heavy (non-hydrogen) atoms. The van der Waals surface area contributed by atoms with Crippen LogP contribution in [0.15, 0.2) is 36.4 Å². The van der Waals surface area contributed by atoms with Crippen molar-refractivity contribution >= 4 is 5.97 Å². The van der Waals surface area contributed by atoms with Crippen molar-refractivity contribution in [3.63, 3.8) is 0 Å². The van der Waals surface area contributed by atoms with Crippen molar-refractivity contribution in [2.75, 3.05) is 0 Å². The molecule has 1 saturated carbocycles. The van der Waals surface area contributed by atoms with Crippen LogP contribution < -0.4 is 0 Å². The van der Waals surface area contributed by atoms with Crippen LogP contribution >= 0.6 is 0 Å². The van der Waals surface area contributed by atoms with Gasteiger partial charge in [0.25, 0.3) is 0 Å². The van der Waals surface area contributed by atoms with E-state index in [4.69, 9.17) is 10.4 Å². The maximum atomic E-state index is 10.5. The fourth-order valence-electron chi connectivity index (χ4n) is 2.84. The van der Waals surface area contributed by atoms with Crippen molar-refractivity contribution in [2.24, 2.45) is 5.92 Å². The van der Waals surface area contributed by atoms with Gasteiger partial charge in [0.05, 0.1) is 18.1 Å². The first kappa shape index (κ1) is 14.3. The largest absolute Gasteiger partial charge is 0.481 e. The van der Waals surface area contributed by atoms with Crippen LogP contribution in [0.1, 0.15) is 49.1 Å². The second-order valence-electron chi connectivity index (χ2n) is 5.37. The Morgan fingerprint density at radius 1 is 1.25 bits per heavy atom. The molecule has 1 aliphatic carbocycles. The predicted octanol–water partition coefficient (Wildman–Crippen LogP) is 3.86. The first-order valence-corrected chi connectivity index (χ1v) is 7.07. The predicted molar refractivity (Wildman–Crippen MR) is 77.2 cm³/mol. The van der Waals surface area contributed by atoms with Gasteiger partial charge in [-0.3, -0.25) is 4.79 Å². The summed E-state index contributed by atoms with van der Waals surface area (Å²) in [7, 11) is 0. The van der Waals surface area contributed by atoms with Crippen LogP contribution in [-0.2, 0) is 4.79 Å². The van der Waals surface area contributed by atoms with Gasteiger partial charge in [-0.25, -0.2) is 0 Å². The second-order valence-corrected chi connectivity index (χ2v) is 5.37. The smallest absolute Gasteiger partial charge is 0.307 e. The maximum Gasteiger partial charge on any atom is 0.307 e. The lowest BCUT2D eigenvalue weighted by Gasteiger charge is -2.27. The normalized spacial score (nSPS) is 22.6. The average Bonchev–Trinajstić information content (AvgIpc) is 2.48. The number of nitrogens with zero attached hydrogens (tertiary/aromatic N) is 1. The molecule has 2 rings (SSSR count). The SMILES string of the molecule is N#Cc1ccc(C2CCC(C=CCC(=O)O)CC2)cc1. The van der Waals surface area contributed by atoms with Crippen LogP contribution in [0.4, 0.5) is 0 Å². The van der Waals surface area contributed by atoms with Gasteiger partial charge in [-0.05, 0) is 55.2 Å². The van der Waals surface area contributed by atoms with Crippen molar-refractivity contribution < 1.29 is 9.90 Å². The van der Waals surface area contributed by atoms with Gasteiger partial charge in [-0.15, -0.1) is 0 Å². The molecule has 104 valence electrons. The van der Waals surface area contributed by atoms with Crippen LogP contribution in [0.5, 0.6) is 0 Å². The number of benzene rings is 1. The summed E-state index contributed by atoms with van der Waals surface area (Å²) in [6, 6.07) is 10.0. The van der Waals surface area contributed by atoms with E-state index < -0.39 is 5.97 Å². The molecule has 3 nitrogen and oxygen atoms in total. The summed E-state index contributed by atoms with van der Waals surface area (Å²) in [4.78, 5) is 10.5. The fraction of sp³-hybridized carbons (Fsp3) is 0.412. The molecule has 1 N–H and O–H groups in total. The van der Waals surface area contributed by atoms with E-state index in [1.807, 2.05) is 12.1 Å². The summed E-state index contributed by atoms with van der Waals surface area (Å²) in [5.74, 6) is 0.323. The summed E-state index contributed by atoms with van der Waals surface area (Å²) >= 11 is 0. The molecule has 1 fully saturated rings. The number of hydrogen-bond acceptors (Lipinski definition) is 2. The standard InChI is InChI=1S/C17H19NO2/c18-12-14-6-10-16(11-7-14)15-8-4-13(5-9-15)2-1-3-17(19)20/h1-2,6-7,10-11,13,15H,3-5,8-9H2,(H,19,20). The van der Waals surface area contributed by atoms with E-state index in [0.29, 0.717) is 17.4 Å². The zero-order chi connectivity index (χ0) is 14.4. The van der Waals surface area contributed by atoms with Crippen molar-refractivity contribution in [1.82, 2.24) is 0 Å². The lowest BCUT2D eigenvalue weighted by molar-refractivity contribution is -0.136. The molecule has 0 heterocycles. The Labute approximate surface area is 119 Å². The minimum Gasteiger partial charge on any atom is -0.481 e. The Morgan fingerprint density at radius 2 is 1.90 bits per heavy atom. The maximum absolute atomic E-state index is 10.5. The van der Waals surface area contributed by atoms with Crippen LogP contribution in [-0.4, -0.2) is 11.1 Å². The van der Waals surface area contributed by atoms with E-state index in [2.05, 4.69) is 24.3 Å². The number of carboxylic acid groups (broad SMARTS) is 1. The third-order valence-corrected chi connectivity index (χ3v) is 3.98. The molecule has 0 atom stereocenters. The molecular formula is C17H19NO2. The third kappa shape index (κ3) is 3.96. The minimum absolute atomic E-state index is 0.121. The Hall–Kier alpha value is -2.08. The molecule has 1 aliphatic rings. The molecule has 0 aliphatic heterocycles. The molecule has 1 aromatic carbocycles. The van der Waals surface area contributed by atoms with Gasteiger partial charge >= 0.3 is 5.97 Å². The van der Waals surface area contributed by atoms with E-state index in [9.17, 15) is 4.79 Å². The number of rotatable bonds is 4. The van der Waals surface area contributed by atoms with Crippen LogP contribution in [0.25, 0.3) is 0 Å². The van der Waals surface area contributed by atoms with Gasteiger partial charge in [0.1, 0.15) is 0 Å². The summed E-state index contributed by atoms with van der Waals surface area (Å²) in [5, 5.41) is 17.4. The van der Waals surface area contributed by atoms with E-state index >= 15 is 0 Å². The Morgan fingerprint density at radius 3 is 2.45 bits per heavy atom. The lowest BCUT2D eigenvalue weighted by Crippen LogP contribution is -2.11. The van der Waals surface area contributed by atoms with Gasteiger partial charge in [0, 0.05) is 0 Å². The van der Waals surface area contributed by atoms with Gasteiger partial charge in [-0.1, -0.05) is 24.3 Å². The van der Waals surface area contributed by atoms with Gasteiger partial charge in [0.2, 0.25) is 0 Å². The first-order chi connectivity index (χ1) is 9.69. The minimum atomic E-state index is -0.771. The molecule has 0 unspecified atom stereocenters. The Bertz CT molecular complexity index is 517. The molecule has 0 spiro atoms. The Kier molecular flexibility index (Phi) is 4.95. The molecule has 0 aromatic heterocycles. The van der Waals surface area contributed by atoms with Gasteiger partial charge in [-0.2, -0.15) is 5.26 Å². The topological polar surface area (TPSA) is 61.1 Å². The van der Waals surface area contributed by atoms with Crippen LogP contribution in [0.2, 0.25) is 0 Å². The molecular weight excluding hydrogens is 250 g/mol. The molecule has 0 bridgehead atoms. The summed E-state index contributed by atoms with van der Waals surface area (Å²) in [6.07, 6.45) is 8.44. The number of hydrogen-bond donors (Lipinski definition) is 1. The van der Waals surface area contributed by atoms with Crippen LogP contribution in [0.3, 0.4) is 0 Å². The van der Waals surface area contributed by atoms with Gasteiger partial charge < -0.3 is 5.11 Å². The molecule has 0 radical (unpaired) electrons. The highest BCUT2D eigenvalue weighted by Gasteiger charge is 2.20. The van der Waals surface area contributed by atoms with Crippen molar-refractivity contribution in [3.05, 3.63) is 47.5 Å². The number of carboxylic acids is 1. The lowest BCUT2D eigenvalue weighted by atomic mass is 9.78. The third-order valence-electron chi connectivity index (χ3n) is 3.98. The quantitative estimate of drug-likeness (QED) is 0.844. The van der Waals surface area contributed by atoms with Crippen molar-refractivity contribution in [1.29, 1.82) is 5.26 Å². The van der Waals surface area contributed by atoms with Crippen molar-refractivity contribution in [2.45, 2.75) is 38.0 Å². The number of nitriles is 1. The van der Waals surface area contributed by atoms with Gasteiger partial charge in [0.15, 0.2) is 0 Å². The van der Waals surface area contributed by atoms with E-state index in [1.165, 1.54) is 5.56 Å². The van der Waals surface area contributed by atoms with E-state index in [1.54, 1.807) is 6.08 Å². The zero-order valence-corrected chi connectivity index (χ0v) is 11.5. The first-order valence-electron chi connectivity index (χ1n) is 7.07. The van der Waals surface area contributed by atoms with Crippen molar-refractivity contribution in [3.8, 4) is 6.07 Å². The summed E-state index contributed by atoms with van der Waals surface area (Å²) in [5.41, 5.74) is 2.02. The molecule has 0 saturated heterocycles. The highest BCUT2D eigenvalue weighted by atomic mass is 16.4. The number of allylic oxidation sites excluding steroid dienone is 1. The Balaban J connectivity index is 1.86. The van der Waals surface area contributed by atoms with Crippen LogP contribution in [0, 0.1) is 17.2 Å². The summed E-state index contributed by atoms with van der Waals surface area (Å²) < 4.78 is 0. The van der Waals surface area contributed by atoms with E-state index in [-0.39, 0.29) is 6.42 Å². The summed E-state index contributed by atoms with van der Waals surface area (Å²) in [6.45, 7) is 0. The highest BCUT2D eigenvalue weighted by Crippen LogP contribution is 2.36. The average molecular weight is 269 g/mol. The monoisotopic (exact) mass is 269 g/mol. The number of carbonyl (C=O) groups is 1. The highest BCUT2D eigenvalue weighted by molar-refractivity contribution is 5.68. The zero-order valence-electron chi connectivity index (χ0n) is 11.5. The van der Waals surface area contributed by atoms with E-state index in [0.717, 1.165) is 25.7 Å². The molecule has 1 aromatic rings. The second kappa shape index (κ2) is 6.91. The molecule has 3 heteroatoms. The fourth-order valence-corrected chi connectivity index (χ4v) is 2.84.